The lowest BCUT2D eigenvalue weighted by Crippen LogP contribution is -2.40. The summed E-state index contributed by atoms with van der Waals surface area (Å²) in [4.78, 5) is 0. The molecule has 13 heavy (non-hydrogen) atoms. The van der Waals surface area contributed by atoms with Crippen molar-refractivity contribution in [2.75, 3.05) is 6.54 Å². The highest BCUT2D eigenvalue weighted by atomic mass is 19.4. The summed E-state index contributed by atoms with van der Waals surface area (Å²) in [5.74, 6) is -0.137. The van der Waals surface area contributed by atoms with Gasteiger partial charge in [0.2, 0.25) is 0 Å². The van der Waals surface area contributed by atoms with Gasteiger partial charge < -0.3 is 16.3 Å². The van der Waals surface area contributed by atoms with E-state index in [1.165, 1.54) is 6.92 Å². The second kappa shape index (κ2) is 4.90. The number of halogens is 3. The summed E-state index contributed by atoms with van der Waals surface area (Å²) in [5, 5.41) is 13.3. The number of amidine groups is 1. The summed E-state index contributed by atoms with van der Waals surface area (Å²) in [6, 6.07) is -0.563. The molecule has 78 valence electrons. The third-order valence-corrected chi connectivity index (χ3v) is 1.42. The summed E-state index contributed by atoms with van der Waals surface area (Å²) in [6.07, 6.45) is -5.12. The van der Waals surface area contributed by atoms with Crippen molar-refractivity contribution in [1.29, 1.82) is 0 Å². The molecule has 0 fully saturated rings. The van der Waals surface area contributed by atoms with E-state index in [0.29, 0.717) is 0 Å². The maximum absolute atomic E-state index is 11.6. The molecule has 7 heteroatoms. The van der Waals surface area contributed by atoms with Crippen LogP contribution in [0.25, 0.3) is 0 Å². The third kappa shape index (κ3) is 6.21. The van der Waals surface area contributed by atoms with Crippen LogP contribution in [0.1, 0.15) is 13.3 Å². The van der Waals surface area contributed by atoms with Crippen LogP contribution in [0.3, 0.4) is 0 Å². The van der Waals surface area contributed by atoms with Gasteiger partial charge in [0.15, 0.2) is 5.84 Å². The Morgan fingerprint density at radius 2 is 2.15 bits per heavy atom. The first-order chi connectivity index (χ1) is 5.87. The van der Waals surface area contributed by atoms with Crippen molar-refractivity contribution in [3.05, 3.63) is 0 Å². The van der Waals surface area contributed by atoms with Gasteiger partial charge in [-0.3, -0.25) is 0 Å². The van der Waals surface area contributed by atoms with Crippen LogP contribution in [-0.2, 0) is 0 Å². The van der Waals surface area contributed by atoms with Gasteiger partial charge in [-0.15, -0.1) is 0 Å². The number of alkyl halides is 3. The molecule has 1 atom stereocenters. The topological polar surface area (TPSA) is 70.6 Å². The second-order valence-electron chi connectivity index (χ2n) is 2.57. The third-order valence-electron chi connectivity index (χ3n) is 1.42. The van der Waals surface area contributed by atoms with Crippen molar-refractivity contribution < 1.29 is 18.4 Å². The minimum absolute atomic E-state index is 0.137. The van der Waals surface area contributed by atoms with Gasteiger partial charge in [-0.2, -0.15) is 13.2 Å². The zero-order valence-electron chi connectivity index (χ0n) is 7.10. The predicted octanol–water partition coefficient (Wildman–Crippen LogP) is 0.663. The molecule has 1 unspecified atom stereocenters. The minimum atomic E-state index is -4.18. The summed E-state index contributed by atoms with van der Waals surface area (Å²) in [5.41, 5.74) is 5.12. The van der Waals surface area contributed by atoms with Gasteiger partial charge in [-0.1, -0.05) is 5.16 Å². The first-order valence-electron chi connectivity index (χ1n) is 3.64. The molecule has 0 radical (unpaired) electrons. The van der Waals surface area contributed by atoms with Crippen LogP contribution in [0.2, 0.25) is 0 Å². The highest BCUT2D eigenvalue weighted by molar-refractivity contribution is 5.84. The molecular formula is C6H12F3N3O. The Balaban J connectivity index is 3.66. The van der Waals surface area contributed by atoms with Gasteiger partial charge in [-0.25, -0.2) is 0 Å². The molecule has 4 N–H and O–H groups in total. The predicted molar refractivity (Wildman–Crippen MR) is 41.5 cm³/mol. The van der Waals surface area contributed by atoms with E-state index in [2.05, 4.69) is 10.5 Å². The molecule has 0 amide bonds. The first-order valence-corrected chi connectivity index (χ1v) is 3.64. The van der Waals surface area contributed by atoms with Gasteiger partial charge in [-0.05, 0) is 6.92 Å². The van der Waals surface area contributed by atoms with Crippen molar-refractivity contribution in [3.63, 3.8) is 0 Å². The van der Waals surface area contributed by atoms with E-state index in [4.69, 9.17) is 10.9 Å². The van der Waals surface area contributed by atoms with Crippen LogP contribution in [0.5, 0.6) is 0 Å². The highest BCUT2D eigenvalue weighted by Gasteiger charge is 2.26. The minimum Gasteiger partial charge on any atom is -0.409 e. The molecule has 0 aliphatic heterocycles. The van der Waals surface area contributed by atoms with Gasteiger partial charge in [0, 0.05) is 6.54 Å². The van der Waals surface area contributed by atoms with Crippen molar-refractivity contribution in [3.8, 4) is 0 Å². The Labute approximate surface area is 73.6 Å². The number of hydrogen-bond donors (Lipinski definition) is 3. The fourth-order valence-corrected chi connectivity index (χ4v) is 0.622. The van der Waals surface area contributed by atoms with E-state index >= 15 is 0 Å². The number of nitrogens with zero attached hydrogens (tertiary/aromatic N) is 1. The van der Waals surface area contributed by atoms with E-state index in [1.54, 1.807) is 0 Å². The van der Waals surface area contributed by atoms with Gasteiger partial charge in [0.05, 0.1) is 12.5 Å². The Hall–Kier alpha value is -0.980. The van der Waals surface area contributed by atoms with E-state index in [9.17, 15) is 13.2 Å². The first kappa shape index (κ1) is 12.0. The molecule has 4 nitrogen and oxygen atoms in total. The van der Waals surface area contributed by atoms with Crippen molar-refractivity contribution in [2.24, 2.45) is 10.9 Å². The van der Waals surface area contributed by atoms with Crippen LogP contribution in [0.4, 0.5) is 13.2 Å². The SMILES string of the molecule is CC(NCCC(F)(F)F)C(N)=NO. The van der Waals surface area contributed by atoms with E-state index < -0.39 is 18.6 Å². The number of nitrogens with two attached hydrogens (primary N) is 1. The molecule has 0 aromatic carbocycles. The molecule has 0 heterocycles. The fraction of sp³-hybridized carbons (Fsp3) is 0.833. The zero-order chi connectivity index (χ0) is 10.5. The lowest BCUT2D eigenvalue weighted by molar-refractivity contribution is -0.133. The Morgan fingerprint density at radius 3 is 2.54 bits per heavy atom. The smallest absolute Gasteiger partial charge is 0.390 e. The van der Waals surface area contributed by atoms with Crippen LogP contribution >= 0.6 is 0 Å². The highest BCUT2D eigenvalue weighted by Crippen LogP contribution is 2.18. The fourth-order valence-electron chi connectivity index (χ4n) is 0.622. The average Bonchev–Trinajstić information content (AvgIpc) is 2.00. The zero-order valence-corrected chi connectivity index (χ0v) is 7.10. The largest absolute Gasteiger partial charge is 0.409 e. The summed E-state index contributed by atoms with van der Waals surface area (Å²) in [6.45, 7) is 1.26. The maximum atomic E-state index is 11.6. The number of oxime groups is 1. The lowest BCUT2D eigenvalue weighted by atomic mass is 10.3. The summed E-state index contributed by atoms with van der Waals surface area (Å²) in [7, 11) is 0. The summed E-state index contributed by atoms with van der Waals surface area (Å²) < 4.78 is 34.9. The molecule has 0 aliphatic rings. The molecule has 0 aromatic heterocycles. The van der Waals surface area contributed by atoms with E-state index in [1.807, 2.05) is 0 Å². The standard InChI is InChI=1S/C6H12F3N3O/c1-4(5(10)12-13)11-3-2-6(7,8)9/h4,11,13H,2-3H2,1H3,(H2,10,12). The molecule has 0 saturated heterocycles. The molecule has 0 rings (SSSR count). The number of nitrogens with one attached hydrogen (secondary N) is 1. The van der Waals surface area contributed by atoms with Gasteiger partial charge in [0.1, 0.15) is 0 Å². The Kier molecular flexibility index (Phi) is 4.53. The van der Waals surface area contributed by atoms with Crippen molar-refractivity contribution >= 4 is 5.84 Å². The van der Waals surface area contributed by atoms with Crippen molar-refractivity contribution in [1.82, 2.24) is 5.32 Å². The quantitative estimate of drug-likeness (QED) is 0.269. The molecule has 0 bridgehead atoms. The Bertz CT molecular complexity index is 180. The number of hydrogen-bond acceptors (Lipinski definition) is 3. The van der Waals surface area contributed by atoms with Crippen LogP contribution in [-0.4, -0.2) is 29.8 Å². The van der Waals surface area contributed by atoms with Crippen LogP contribution in [0.15, 0.2) is 5.16 Å². The van der Waals surface area contributed by atoms with Gasteiger partial charge >= 0.3 is 6.18 Å². The molecule has 0 spiro atoms. The van der Waals surface area contributed by atoms with Crippen molar-refractivity contribution in [2.45, 2.75) is 25.6 Å². The molecule has 0 aliphatic carbocycles. The molecular weight excluding hydrogens is 187 g/mol. The second-order valence-corrected chi connectivity index (χ2v) is 2.57. The maximum Gasteiger partial charge on any atom is 0.390 e. The van der Waals surface area contributed by atoms with Crippen LogP contribution < -0.4 is 11.1 Å². The summed E-state index contributed by atoms with van der Waals surface area (Å²) >= 11 is 0. The lowest BCUT2D eigenvalue weighted by Gasteiger charge is -2.12. The number of rotatable bonds is 4. The van der Waals surface area contributed by atoms with E-state index in [-0.39, 0.29) is 12.4 Å². The average molecular weight is 199 g/mol. The van der Waals surface area contributed by atoms with Gasteiger partial charge in [0.25, 0.3) is 0 Å². The van der Waals surface area contributed by atoms with E-state index in [0.717, 1.165) is 0 Å². The molecule has 0 saturated carbocycles. The molecule has 0 aromatic rings. The van der Waals surface area contributed by atoms with Crippen LogP contribution in [0, 0.1) is 0 Å². The normalized spacial score (nSPS) is 15.8. The monoisotopic (exact) mass is 199 g/mol. The Morgan fingerprint density at radius 1 is 1.62 bits per heavy atom.